The van der Waals surface area contributed by atoms with Crippen LogP contribution >= 0.6 is 11.3 Å². The minimum Gasteiger partial charge on any atom is -0.330 e. The van der Waals surface area contributed by atoms with Crippen molar-refractivity contribution in [3.63, 3.8) is 0 Å². The van der Waals surface area contributed by atoms with Gasteiger partial charge in [0.1, 0.15) is 0 Å². The van der Waals surface area contributed by atoms with Gasteiger partial charge in [0.15, 0.2) is 0 Å². The Morgan fingerprint density at radius 3 is 2.81 bits per heavy atom. The summed E-state index contributed by atoms with van der Waals surface area (Å²) in [5.41, 5.74) is 6.65. The number of thiazole rings is 1. The second-order valence-electron chi connectivity index (χ2n) is 4.08. The predicted octanol–water partition coefficient (Wildman–Crippen LogP) is 2.17. The molecule has 3 N–H and O–H groups in total. The van der Waals surface area contributed by atoms with Gasteiger partial charge >= 0.3 is 0 Å². The summed E-state index contributed by atoms with van der Waals surface area (Å²) in [4.78, 5) is 4.52. The molecule has 92 valence electrons. The molecular formula is C12H23N3S. The molecule has 0 amide bonds. The molecule has 0 spiro atoms. The lowest BCUT2D eigenvalue weighted by Crippen LogP contribution is -2.21. The lowest BCUT2D eigenvalue weighted by Gasteiger charge is -2.12. The Bertz CT molecular complexity index is 282. The van der Waals surface area contributed by atoms with Crippen molar-refractivity contribution in [1.29, 1.82) is 0 Å². The Kier molecular flexibility index (Phi) is 6.61. The van der Waals surface area contributed by atoms with Crippen molar-refractivity contribution in [3.05, 3.63) is 16.1 Å². The molecule has 0 radical (unpaired) electrons. The van der Waals surface area contributed by atoms with Gasteiger partial charge in [0.25, 0.3) is 0 Å². The van der Waals surface area contributed by atoms with Crippen LogP contribution in [0.1, 0.15) is 37.4 Å². The number of nitrogens with one attached hydrogen (secondary N) is 1. The molecule has 0 atom stereocenters. The lowest BCUT2D eigenvalue weighted by molar-refractivity contribution is 0.448. The Morgan fingerprint density at radius 1 is 1.44 bits per heavy atom. The normalized spacial score (nSPS) is 11.2. The van der Waals surface area contributed by atoms with Crippen LogP contribution in [0.3, 0.4) is 0 Å². The fraction of sp³-hybridized carbons (Fsp3) is 0.750. The van der Waals surface area contributed by atoms with Gasteiger partial charge in [-0.1, -0.05) is 26.7 Å². The van der Waals surface area contributed by atoms with Gasteiger partial charge in [-0.05, 0) is 19.0 Å². The highest BCUT2D eigenvalue weighted by atomic mass is 32.1. The molecule has 0 fully saturated rings. The summed E-state index contributed by atoms with van der Waals surface area (Å²) in [6.07, 6.45) is 3.40. The van der Waals surface area contributed by atoms with Gasteiger partial charge < -0.3 is 11.1 Å². The van der Waals surface area contributed by atoms with Gasteiger partial charge in [-0.3, -0.25) is 0 Å². The third-order valence-corrected chi connectivity index (χ3v) is 3.81. The van der Waals surface area contributed by atoms with Gasteiger partial charge in [-0.15, -0.1) is 11.3 Å². The molecule has 0 aliphatic heterocycles. The van der Waals surface area contributed by atoms with Crippen LogP contribution in [-0.2, 0) is 13.0 Å². The van der Waals surface area contributed by atoms with Crippen LogP contribution in [0, 0.1) is 5.92 Å². The quantitative estimate of drug-likeness (QED) is 0.733. The monoisotopic (exact) mass is 241 g/mol. The topological polar surface area (TPSA) is 50.9 Å². The van der Waals surface area contributed by atoms with Crippen molar-refractivity contribution in [2.24, 2.45) is 11.7 Å². The SMILES string of the molecule is CCC(CC)CNCc1csc(CCN)n1. The largest absolute Gasteiger partial charge is 0.330 e. The van der Waals surface area contributed by atoms with Crippen molar-refractivity contribution in [2.45, 2.75) is 39.7 Å². The summed E-state index contributed by atoms with van der Waals surface area (Å²) in [6.45, 7) is 7.17. The van der Waals surface area contributed by atoms with Crippen molar-refractivity contribution in [1.82, 2.24) is 10.3 Å². The zero-order valence-corrected chi connectivity index (χ0v) is 11.1. The van der Waals surface area contributed by atoms with E-state index in [1.165, 1.54) is 12.8 Å². The van der Waals surface area contributed by atoms with E-state index in [0.717, 1.165) is 36.1 Å². The van der Waals surface area contributed by atoms with Crippen molar-refractivity contribution < 1.29 is 0 Å². The number of aromatic nitrogens is 1. The van der Waals surface area contributed by atoms with E-state index in [2.05, 4.69) is 29.5 Å². The molecule has 0 aliphatic rings. The first-order chi connectivity index (χ1) is 7.80. The van der Waals surface area contributed by atoms with Crippen molar-refractivity contribution >= 4 is 11.3 Å². The molecule has 16 heavy (non-hydrogen) atoms. The van der Waals surface area contributed by atoms with Gasteiger partial charge in [0, 0.05) is 18.3 Å². The minimum absolute atomic E-state index is 0.689. The highest BCUT2D eigenvalue weighted by molar-refractivity contribution is 7.09. The smallest absolute Gasteiger partial charge is 0.0941 e. The molecule has 1 aromatic rings. The van der Waals surface area contributed by atoms with Crippen LogP contribution < -0.4 is 11.1 Å². The van der Waals surface area contributed by atoms with Crippen LogP contribution in [0.2, 0.25) is 0 Å². The molecule has 0 unspecified atom stereocenters. The number of nitrogens with two attached hydrogens (primary N) is 1. The number of nitrogens with zero attached hydrogens (tertiary/aromatic N) is 1. The molecule has 0 aliphatic carbocycles. The van der Waals surface area contributed by atoms with E-state index in [1.54, 1.807) is 11.3 Å². The van der Waals surface area contributed by atoms with Gasteiger partial charge in [-0.2, -0.15) is 0 Å². The molecule has 1 rings (SSSR count). The zero-order valence-electron chi connectivity index (χ0n) is 10.3. The van der Waals surface area contributed by atoms with Crippen LogP contribution in [0.4, 0.5) is 0 Å². The molecule has 1 aromatic heterocycles. The Hall–Kier alpha value is -0.450. The lowest BCUT2D eigenvalue weighted by atomic mass is 10.0. The predicted molar refractivity (Wildman–Crippen MR) is 70.7 cm³/mol. The molecular weight excluding hydrogens is 218 g/mol. The average molecular weight is 241 g/mol. The number of hydrogen-bond donors (Lipinski definition) is 2. The fourth-order valence-electron chi connectivity index (χ4n) is 1.65. The van der Waals surface area contributed by atoms with E-state index in [-0.39, 0.29) is 0 Å². The van der Waals surface area contributed by atoms with Crippen LogP contribution in [0.15, 0.2) is 5.38 Å². The molecule has 0 aromatic carbocycles. The maximum atomic E-state index is 5.50. The maximum absolute atomic E-state index is 5.50. The fourth-order valence-corrected chi connectivity index (χ4v) is 2.46. The number of rotatable bonds is 8. The highest BCUT2D eigenvalue weighted by Gasteiger charge is 2.04. The van der Waals surface area contributed by atoms with E-state index >= 15 is 0 Å². The highest BCUT2D eigenvalue weighted by Crippen LogP contribution is 2.10. The van der Waals surface area contributed by atoms with Crippen LogP contribution in [0.25, 0.3) is 0 Å². The van der Waals surface area contributed by atoms with E-state index in [4.69, 9.17) is 5.73 Å². The third-order valence-electron chi connectivity index (χ3n) is 2.85. The summed E-state index contributed by atoms with van der Waals surface area (Å²) < 4.78 is 0. The minimum atomic E-state index is 0.689. The standard InChI is InChI=1S/C12H23N3S/c1-3-10(4-2)7-14-8-11-9-16-12(15-11)5-6-13/h9-10,14H,3-8,13H2,1-2H3. The second kappa shape index (κ2) is 7.76. The van der Waals surface area contributed by atoms with Crippen LogP contribution in [-0.4, -0.2) is 18.1 Å². The van der Waals surface area contributed by atoms with Gasteiger partial charge in [-0.25, -0.2) is 4.98 Å². The molecule has 0 bridgehead atoms. The Balaban J connectivity index is 2.25. The molecule has 1 heterocycles. The summed E-state index contributed by atoms with van der Waals surface area (Å²) in [5.74, 6) is 0.794. The van der Waals surface area contributed by atoms with Crippen LogP contribution in [0.5, 0.6) is 0 Å². The van der Waals surface area contributed by atoms with Gasteiger partial charge in [0.05, 0.1) is 10.7 Å². The molecule has 0 saturated heterocycles. The van der Waals surface area contributed by atoms with E-state index in [1.807, 2.05) is 0 Å². The third kappa shape index (κ3) is 4.60. The summed E-state index contributed by atoms with van der Waals surface area (Å²) in [6, 6.07) is 0. The summed E-state index contributed by atoms with van der Waals surface area (Å²) >= 11 is 1.71. The van der Waals surface area contributed by atoms with Gasteiger partial charge in [0.2, 0.25) is 0 Å². The second-order valence-corrected chi connectivity index (χ2v) is 5.03. The first-order valence-corrected chi connectivity index (χ1v) is 7.02. The molecule has 0 saturated carbocycles. The van der Waals surface area contributed by atoms with E-state index in [0.29, 0.717) is 6.54 Å². The zero-order chi connectivity index (χ0) is 11.8. The molecule has 3 nitrogen and oxygen atoms in total. The van der Waals surface area contributed by atoms with Crippen molar-refractivity contribution in [2.75, 3.05) is 13.1 Å². The Morgan fingerprint density at radius 2 is 2.19 bits per heavy atom. The number of hydrogen-bond acceptors (Lipinski definition) is 4. The Labute approximate surface area is 102 Å². The first-order valence-electron chi connectivity index (χ1n) is 6.14. The molecule has 4 heteroatoms. The van der Waals surface area contributed by atoms with E-state index in [9.17, 15) is 0 Å². The maximum Gasteiger partial charge on any atom is 0.0941 e. The summed E-state index contributed by atoms with van der Waals surface area (Å²) in [5, 5.41) is 6.76. The first kappa shape index (κ1) is 13.6. The summed E-state index contributed by atoms with van der Waals surface area (Å²) in [7, 11) is 0. The van der Waals surface area contributed by atoms with E-state index < -0.39 is 0 Å². The van der Waals surface area contributed by atoms with Crippen molar-refractivity contribution in [3.8, 4) is 0 Å². The average Bonchev–Trinajstić information content (AvgIpc) is 2.73.